The van der Waals surface area contributed by atoms with Crippen LogP contribution in [0.15, 0.2) is 12.1 Å². The molecule has 1 saturated heterocycles. The van der Waals surface area contributed by atoms with Crippen LogP contribution in [0.3, 0.4) is 0 Å². The lowest BCUT2D eigenvalue weighted by Crippen LogP contribution is -2.30. The van der Waals surface area contributed by atoms with Crippen LogP contribution in [0.1, 0.15) is 44.0 Å². The third-order valence-electron chi connectivity index (χ3n) is 3.41. The molecule has 0 amide bonds. The molecule has 0 radical (unpaired) electrons. The van der Waals surface area contributed by atoms with Gasteiger partial charge >= 0.3 is 0 Å². The van der Waals surface area contributed by atoms with Crippen molar-refractivity contribution in [2.24, 2.45) is 0 Å². The predicted octanol–water partition coefficient (Wildman–Crippen LogP) is 3.59. The molecule has 1 aromatic heterocycles. The number of aromatic nitrogens is 1. The first-order chi connectivity index (χ1) is 7.59. The van der Waals surface area contributed by atoms with Gasteiger partial charge in [-0.2, -0.15) is 0 Å². The van der Waals surface area contributed by atoms with Crippen molar-refractivity contribution in [1.82, 2.24) is 9.88 Å². The highest BCUT2D eigenvalue weighted by molar-refractivity contribution is 6.29. The van der Waals surface area contributed by atoms with Crippen LogP contribution in [0.2, 0.25) is 5.15 Å². The quantitative estimate of drug-likeness (QED) is 0.732. The fraction of sp³-hybridized carbons (Fsp3) is 0.615. The first-order valence-electron chi connectivity index (χ1n) is 5.98. The first-order valence-corrected chi connectivity index (χ1v) is 6.36. The summed E-state index contributed by atoms with van der Waals surface area (Å²) in [5.74, 6) is 0. The number of nitrogens with zero attached hydrogens (tertiary/aromatic N) is 2. The van der Waals surface area contributed by atoms with Gasteiger partial charge in [-0.15, -0.1) is 0 Å². The molecular weight excluding hydrogens is 220 g/mol. The summed E-state index contributed by atoms with van der Waals surface area (Å²) in [4.78, 5) is 6.90. The zero-order valence-electron chi connectivity index (χ0n) is 10.2. The third-order valence-corrected chi connectivity index (χ3v) is 3.62. The Kier molecular flexibility index (Phi) is 3.50. The Bertz CT molecular complexity index is 376. The van der Waals surface area contributed by atoms with Gasteiger partial charge in [-0.3, -0.25) is 4.90 Å². The first kappa shape index (κ1) is 11.9. The van der Waals surface area contributed by atoms with Gasteiger partial charge in [-0.05, 0) is 51.8 Å². The number of rotatable bonds is 2. The summed E-state index contributed by atoms with van der Waals surface area (Å²) in [5, 5.41) is 0.593. The average molecular weight is 239 g/mol. The molecule has 0 N–H and O–H groups in total. The highest BCUT2D eigenvalue weighted by Crippen LogP contribution is 2.34. The molecule has 1 atom stereocenters. The number of hydrogen-bond donors (Lipinski definition) is 0. The highest BCUT2D eigenvalue weighted by atomic mass is 35.5. The smallest absolute Gasteiger partial charge is 0.129 e. The zero-order chi connectivity index (χ0) is 11.7. The maximum absolute atomic E-state index is 5.90. The van der Waals surface area contributed by atoms with Gasteiger partial charge in [0.1, 0.15) is 5.15 Å². The summed E-state index contributed by atoms with van der Waals surface area (Å²) < 4.78 is 0. The van der Waals surface area contributed by atoms with E-state index in [1.807, 2.05) is 6.07 Å². The lowest BCUT2D eigenvalue weighted by Gasteiger charge is -2.29. The number of aryl methyl sites for hydroxylation is 1. The molecule has 0 spiro atoms. The molecule has 2 nitrogen and oxygen atoms in total. The van der Waals surface area contributed by atoms with Crippen molar-refractivity contribution in [3.63, 3.8) is 0 Å². The van der Waals surface area contributed by atoms with E-state index in [0.29, 0.717) is 17.2 Å². The minimum absolute atomic E-state index is 0.532. The Hall–Kier alpha value is -0.600. The zero-order valence-corrected chi connectivity index (χ0v) is 11.0. The van der Waals surface area contributed by atoms with E-state index in [4.69, 9.17) is 11.6 Å². The second kappa shape index (κ2) is 4.72. The minimum atomic E-state index is 0.532. The second-order valence-corrected chi connectivity index (χ2v) is 5.19. The standard InChI is InChI=1S/C13H19ClN2/c1-9(2)16-8-4-5-12(16)11-6-7-13(14)15-10(11)3/h6-7,9,12H,4-5,8H2,1-3H3/t12-/m1/s1. The predicted molar refractivity (Wildman–Crippen MR) is 67.8 cm³/mol. The summed E-state index contributed by atoms with van der Waals surface area (Å²) in [6.45, 7) is 7.77. The summed E-state index contributed by atoms with van der Waals surface area (Å²) >= 11 is 5.90. The van der Waals surface area contributed by atoms with E-state index in [2.05, 4.69) is 36.7 Å². The lowest BCUT2D eigenvalue weighted by atomic mass is 10.0. The Morgan fingerprint density at radius 1 is 1.44 bits per heavy atom. The Morgan fingerprint density at radius 2 is 2.19 bits per heavy atom. The maximum atomic E-state index is 5.90. The molecule has 1 aliphatic rings. The van der Waals surface area contributed by atoms with Crippen LogP contribution in [0, 0.1) is 6.92 Å². The highest BCUT2D eigenvalue weighted by Gasteiger charge is 2.28. The van der Waals surface area contributed by atoms with Crippen LogP contribution in [-0.4, -0.2) is 22.5 Å². The SMILES string of the molecule is Cc1nc(Cl)ccc1[C@H]1CCCN1C(C)C. The van der Waals surface area contributed by atoms with Gasteiger partial charge in [0, 0.05) is 17.8 Å². The average Bonchev–Trinajstić information content (AvgIpc) is 2.66. The normalized spacial score (nSPS) is 21.9. The molecule has 1 aliphatic heterocycles. The molecule has 16 heavy (non-hydrogen) atoms. The largest absolute Gasteiger partial charge is 0.294 e. The van der Waals surface area contributed by atoms with Gasteiger partial charge in [0.05, 0.1) is 0 Å². The van der Waals surface area contributed by atoms with Crippen LogP contribution in [0.25, 0.3) is 0 Å². The van der Waals surface area contributed by atoms with E-state index >= 15 is 0 Å². The maximum Gasteiger partial charge on any atom is 0.129 e. The van der Waals surface area contributed by atoms with Gasteiger partial charge in [0.15, 0.2) is 0 Å². The van der Waals surface area contributed by atoms with Crippen molar-refractivity contribution in [2.45, 2.75) is 45.7 Å². The summed E-state index contributed by atoms with van der Waals surface area (Å²) in [7, 11) is 0. The molecule has 0 bridgehead atoms. The molecule has 0 saturated carbocycles. The number of hydrogen-bond acceptors (Lipinski definition) is 2. The van der Waals surface area contributed by atoms with Gasteiger partial charge < -0.3 is 0 Å². The molecule has 2 rings (SSSR count). The molecule has 0 unspecified atom stereocenters. The van der Waals surface area contributed by atoms with Crippen molar-refractivity contribution in [3.8, 4) is 0 Å². The van der Waals surface area contributed by atoms with E-state index in [0.717, 1.165) is 5.69 Å². The molecule has 0 aliphatic carbocycles. The topological polar surface area (TPSA) is 16.1 Å². The van der Waals surface area contributed by atoms with Crippen LogP contribution in [0.4, 0.5) is 0 Å². The summed E-state index contributed by atoms with van der Waals surface area (Å²) in [6, 6.07) is 5.17. The molecule has 1 aromatic rings. The van der Waals surface area contributed by atoms with E-state index in [1.54, 1.807) is 0 Å². The summed E-state index contributed by atoms with van der Waals surface area (Å²) in [5.41, 5.74) is 2.42. The van der Waals surface area contributed by atoms with Crippen LogP contribution in [-0.2, 0) is 0 Å². The van der Waals surface area contributed by atoms with Crippen molar-refractivity contribution < 1.29 is 0 Å². The number of likely N-dealkylation sites (tertiary alicyclic amines) is 1. The molecule has 2 heterocycles. The van der Waals surface area contributed by atoms with Crippen LogP contribution in [0.5, 0.6) is 0 Å². The Balaban J connectivity index is 2.29. The van der Waals surface area contributed by atoms with Crippen molar-refractivity contribution >= 4 is 11.6 Å². The molecule has 1 fully saturated rings. The minimum Gasteiger partial charge on any atom is -0.294 e. The molecular formula is C13H19ClN2. The van der Waals surface area contributed by atoms with Gasteiger partial charge in [-0.1, -0.05) is 17.7 Å². The van der Waals surface area contributed by atoms with Gasteiger partial charge in [-0.25, -0.2) is 4.98 Å². The van der Waals surface area contributed by atoms with E-state index in [1.165, 1.54) is 24.9 Å². The molecule has 3 heteroatoms. The van der Waals surface area contributed by atoms with Crippen LogP contribution < -0.4 is 0 Å². The number of halogens is 1. The second-order valence-electron chi connectivity index (χ2n) is 4.80. The van der Waals surface area contributed by atoms with Crippen molar-refractivity contribution in [3.05, 3.63) is 28.5 Å². The van der Waals surface area contributed by atoms with Crippen molar-refractivity contribution in [1.29, 1.82) is 0 Å². The van der Waals surface area contributed by atoms with Crippen molar-refractivity contribution in [2.75, 3.05) is 6.54 Å². The number of pyridine rings is 1. The fourth-order valence-corrected chi connectivity index (χ4v) is 2.82. The fourth-order valence-electron chi connectivity index (χ4n) is 2.63. The molecule has 88 valence electrons. The van der Waals surface area contributed by atoms with E-state index in [9.17, 15) is 0 Å². The lowest BCUT2D eigenvalue weighted by molar-refractivity contribution is 0.204. The van der Waals surface area contributed by atoms with Crippen LogP contribution >= 0.6 is 11.6 Å². The van der Waals surface area contributed by atoms with Gasteiger partial charge in [0.2, 0.25) is 0 Å². The molecule has 0 aromatic carbocycles. The monoisotopic (exact) mass is 238 g/mol. The Morgan fingerprint density at radius 3 is 2.81 bits per heavy atom. The third kappa shape index (κ3) is 2.23. The Labute approximate surface area is 103 Å². The summed E-state index contributed by atoms with van der Waals surface area (Å²) in [6.07, 6.45) is 2.52. The van der Waals surface area contributed by atoms with Gasteiger partial charge in [0.25, 0.3) is 0 Å². The van der Waals surface area contributed by atoms with E-state index < -0.39 is 0 Å². The van der Waals surface area contributed by atoms with E-state index in [-0.39, 0.29) is 0 Å².